The minimum atomic E-state index is -1.00. The van der Waals surface area contributed by atoms with Gasteiger partial charge >= 0.3 is 5.97 Å². The van der Waals surface area contributed by atoms with Gasteiger partial charge in [-0.05, 0) is 37.0 Å². The van der Waals surface area contributed by atoms with E-state index in [4.69, 9.17) is 4.74 Å². The monoisotopic (exact) mass is 293 g/mol. The van der Waals surface area contributed by atoms with Crippen LogP contribution in [0.15, 0.2) is 24.3 Å². The summed E-state index contributed by atoms with van der Waals surface area (Å²) in [5.74, 6) is -0.872. The van der Waals surface area contributed by atoms with Gasteiger partial charge < -0.3 is 15.2 Å². The first-order valence-corrected chi connectivity index (χ1v) is 7.02. The molecule has 0 aromatic heterocycles. The normalized spacial score (nSPS) is 13.6. The Bertz CT molecular complexity index is 499. The van der Waals surface area contributed by atoms with E-state index in [1.54, 1.807) is 32.2 Å². The first kappa shape index (κ1) is 17.0. The van der Waals surface area contributed by atoms with Crippen LogP contribution in [-0.4, -0.2) is 30.1 Å². The van der Waals surface area contributed by atoms with Crippen LogP contribution < -0.4 is 10.1 Å². The van der Waals surface area contributed by atoms with E-state index in [0.29, 0.717) is 12.2 Å². The standard InChI is InChI=1S/C16H23NO4/c1-10(2)8-14(16(19)20)17-15(18)11(3)12-6-5-7-13(9-12)21-4/h5-7,9-11,14H,8H2,1-4H3,(H,17,18)(H,19,20)/t11?,14-/m1/s1. The molecule has 0 spiro atoms. The smallest absolute Gasteiger partial charge is 0.326 e. The fourth-order valence-electron chi connectivity index (χ4n) is 2.05. The van der Waals surface area contributed by atoms with Crippen molar-refractivity contribution in [2.24, 2.45) is 5.92 Å². The molecule has 1 unspecified atom stereocenters. The number of ether oxygens (including phenoxy) is 1. The van der Waals surface area contributed by atoms with Crippen molar-refractivity contribution < 1.29 is 19.4 Å². The Hall–Kier alpha value is -2.04. The first-order valence-electron chi connectivity index (χ1n) is 7.02. The van der Waals surface area contributed by atoms with Crippen LogP contribution >= 0.6 is 0 Å². The Labute approximate surface area is 125 Å². The lowest BCUT2D eigenvalue weighted by atomic mass is 9.98. The summed E-state index contributed by atoms with van der Waals surface area (Å²) < 4.78 is 5.13. The minimum absolute atomic E-state index is 0.193. The molecule has 0 aliphatic heterocycles. The van der Waals surface area contributed by atoms with Gasteiger partial charge in [0.15, 0.2) is 0 Å². The number of carbonyl (C=O) groups excluding carboxylic acids is 1. The van der Waals surface area contributed by atoms with Gasteiger partial charge in [0.1, 0.15) is 11.8 Å². The maximum Gasteiger partial charge on any atom is 0.326 e. The molecular formula is C16H23NO4. The molecule has 0 saturated carbocycles. The lowest BCUT2D eigenvalue weighted by Gasteiger charge is -2.19. The average Bonchev–Trinajstić information content (AvgIpc) is 2.45. The van der Waals surface area contributed by atoms with Crippen molar-refractivity contribution in [3.63, 3.8) is 0 Å². The van der Waals surface area contributed by atoms with Crippen LogP contribution in [0.3, 0.4) is 0 Å². The molecule has 116 valence electrons. The maximum absolute atomic E-state index is 12.2. The molecule has 0 radical (unpaired) electrons. The SMILES string of the molecule is COc1cccc(C(C)C(=O)N[C@H](CC(C)C)C(=O)O)c1. The van der Waals surface area contributed by atoms with Gasteiger partial charge in [0.25, 0.3) is 0 Å². The van der Waals surface area contributed by atoms with E-state index in [9.17, 15) is 14.7 Å². The van der Waals surface area contributed by atoms with E-state index in [1.807, 2.05) is 19.9 Å². The Morgan fingerprint density at radius 1 is 1.29 bits per heavy atom. The largest absolute Gasteiger partial charge is 0.497 e. The average molecular weight is 293 g/mol. The topological polar surface area (TPSA) is 75.6 Å². The third-order valence-electron chi connectivity index (χ3n) is 3.31. The molecule has 1 amide bonds. The minimum Gasteiger partial charge on any atom is -0.497 e. The number of amides is 1. The molecule has 2 atom stereocenters. The van der Waals surface area contributed by atoms with Crippen molar-refractivity contribution >= 4 is 11.9 Å². The van der Waals surface area contributed by atoms with Gasteiger partial charge in [-0.15, -0.1) is 0 Å². The molecule has 0 aliphatic carbocycles. The van der Waals surface area contributed by atoms with Crippen molar-refractivity contribution in [3.05, 3.63) is 29.8 Å². The quantitative estimate of drug-likeness (QED) is 0.809. The van der Waals surface area contributed by atoms with E-state index in [0.717, 1.165) is 5.56 Å². The molecule has 0 saturated heterocycles. The van der Waals surface area contributed by atoms with Gasteiger partial charge in [-0.2, -0.15) is 0 Å². The number of carboxylic acids is 1. The second-order valence-electron chi connectivity index (χ2n) is 5.53. The summed E-state index contributed by atoms with van der Waals surface area (Å²) in [6.07, 6.45) is 0.409. The summed E-state index contributed by atoms with van der Waals surface area (Å²) in [5.41, 5.74) is 0.792. The molecule has 0 heterocycles. The van der Waals surface area contributed by atoms with Crippen LogP contribution in [0.4, 0.5) is 0 Å². The van der Waals surface area contributed by atoms with E-state index < -0.39 is 17.9 Å². The molecule has 0 fully saturated rings. The Morgan fingerprint density at radius 2 is 1.95 bits per heavy atom. The number of carbonyl (C=O) groups is 2. The highest BCUT2D eigenvalue weighted by Gasteiger charge is 2.24. The third kappa shape index (κ3) is 5.10. The zero-order chi connectivity index (χ0) is 16.0. The van der Waals surface area contributed by atoms with Gasteiger partial charge in [-0.1, -0.05) is 26.0 Å². The number of carboxylic acid groups (broad SMARTS) is 1. The molecule has 1 rings (SSSR count). The predicted molar refractivity (Wildman–Crippen MR) is 80.4 cm³/mol. The summed E-state index contributed by atoms with van der Waals surface area (Å²) in [4.78, 5) is 23.4. The van der Waals surface area contributed by atoms with Crippen LogP contribution in [0.2, 0.25) is 0 Å². The van der Waals surface area contributed by atoms with Gasteiger partial charge in [-0.3, -0.25) is 4.79 Å². The number of nitrogens with one attached hydrogen (secondary N) is 1. The number of rotatable bonds is 7. The second kappa shape index (κ2) is 7.67. The van der Waals surface area contributed by atoms with E-state index in [2.05, 4.69) is 5.32 Å². The van der Waals surface area contributed by atoms with Gasteiger partial charge in [0.2, 0.25) is 5.91 Å². The van der Waals surface area contributed by atoms with Crippen LogP contribution in [0.25, 0.3) is 0 Å². The molecule has 0 aliphatic rings. The molecule has 5 nitrogen and oxygen atoms in total. The zero-order valence-electron chi connectivity index (χ0n) is 12.9. The van der Waals surface area contributed by atoms with Gasteiger partial charge in [-0.25, -0.2) is 4.79 Å². The first-order chi connectivity index (χ1) is 9.85. The zero-order valence-corrected chi connectivity index (χ0v) is 12.9. The highest BCUT2D eigenvalue weighted by molar-refractivity contribution is 5.87. The molecule has 0 bridgehead atoms. The summed E-state index contributed by atoms with van der Waals surface area (Å²) in [5, 5.41) is 11.8. The van der Waals surface area contributed by atoms with Gasteiger partial charge in [0.05, 0.1) is 13.0 Å². The Morgan fingerprint density at radius 3 is 2.48 bits per heavy atom. The fourth-order valence-corrected chi connectivity index (χ4v) is 2.05. The van der Waals surface area contributed by atoms with Crippen molar-refractivity contribution in [1.29, 1.82) is 0 Å². The van der Waals surface area contributed by atoms with E-state index in [1.165, 1.54) is 0 Å². The van der Waals surface area contributed by atoms with E-state index in [-0.39, 0.29) is 11.8 Å². The summed E-state index contributed by atoms with van der Waals surface area (Å²) in [6, 6.07) is 6.35. The van der Waals surface area contributed by atoms with E-state index >= 15 is 0 Å². The van der Waals surface area contributed by atoms with Crippen molar-refractivity contribution in [2.45, 2.75) is 39.2 Å². The van der Waals surface area contributed by atoms with Crippen molar-refractivity contribution in [1.82, 2.24) is 5.32 Å². The second-order valence-corrected chi connectivity index (χ2v) is 5.53. The Kier molecular flexibility index (Phi) is 6.21. The van der Waals surface area contributed by atoms with Gasteiger partial charge in [0, 0.05) is 0 Å². The van der Waals surface area contributed by atoms with Crippen LogP contribution in [0.5, 0.6) is 5.75 Å². The van der Waals surface area contributed by atoms with Crippen LogP contribution in [-0.2, 0) is 9.59 Å². The number of methoxy groups -OCH3 is 1. The lowest BCUT2D eigenvalue weighted by molar-refractivity contribution is -0.142. The van der Waals surface area contributed by atoms with Crippen molar-refractivity contribution in [2.75, 3.05) is 7.11 Å². The van der Waals surface area contributed by atoms with Crippen LogP contribution in [0, 0.1) is 5.92 Å². The Balaban J connectivity index is 2.78. The van der Waals surface area contributed by atoms with Crippen molar-refractivity contribution in [3.8, 4) is 5.75 Å². The third-order valence-corrected chi connectivity index (χ3v) is 3.31. The molecule has 1 aromatic rings. The molecule has 1 aromatic carbocycles. The fraction of sp³-hybridized carbons (Fsp3) is 0.500. The predicted octanol–water partition coefficient (Wildman–Crippen LogP) is 2.41. The summed E-state index contributed by atoms with van der Waals surface area (Å²) in [6.45, 7) is 5.60. The molecular weight excluding hydrogens is 270 g/mol. The lowest BCUT2D eigenvalue weighted by Crippen LogP contribution is -2.43. The van der Waals surface area contributed by atoms with Crippen LogP contribution in [0.1, 0.15) is 38.7 Å². The number of aliphatic carboxylic acids is 1. The molecule has 2 N–H and O–H groups in total. The molecule has 21 heavy (non-hydrogen) atoms. The highest BCUT2D eigenvalue weighted by atomic mass is 16.5. The number of hydrogen-bond acceptors (Lipinski definition) is 3. The summed E-state index contributed by atoms with van der Waals surface area (Å²) in [7, 11) is 1.56. The summed E-state index contributed by atoms with van der Waals surface area (Å²) >= 11 is 0. The number of hydrogen-bond donors (Lipinski definition) is 2. The number of benzene rings is 1. The maximum atomic E-state index is 12.2. The molecule has 5 heteroatoms. The highest BCUT2D eigenvalue weighted by Crippen LogP contribution is 2.21.